The van der Waals surface area contributed by atoms with Crippen LogP contribution in [0.25, 0.3) is 0 Å². The van der Waals surface area contributed by atoms with Gasteiger partial charge in [0.1, 0.15) is 12.2 Å². The van der Waals surface area contributed by atoms with Gasteiger partial charge >= 0.3 is 0 Å². The van der Waals surface area contributed by atoms with E-state index < -0.39 is 0 Å². The van der Waals surface area contributed by atoms with Crippen LogP contribution < -0.4 is 11.3 Å². The second kappa shape index (κ2) is 7.53. The molecule has 1 unspecified atom stereocenters. The molecule has 0 saturated heterocycles. The lowest BCUT2D eigenvalue weighted by Crippen LogP contribution is -2.30. The van der Waals surface area contributed by atoms with Crippen LogP contribution in [0.1, 0.15) is 31.3 Å². The van der Waals surface area contributed by atoms with Gasteiger partial charge in [0, 0.05) is 16.5 Å². The van der Waals surface area contributed by atoms with Gasteiger partial charge in [-0.2, -0.15) is 5.10 Å². The van der Waals surface area contributed by atoms with Gasteiger partial charge in [-0.25, -0.2) is 9.67 Å². The Kier molecular flexibility index (Phi) is 5.98. The van der Waals surface area contributed by atoms with E-state index in [0.717, 1.165) is 26.5 Å². The van der Waals surface area contributed by atoms with Gasteiger partial charge in [0.15, 0.2) is 0 Å². The van der Waals surface area contributed by atoms with Gasteiger partial charge in [-0.05, 0) is 46.2 Å². The maximum absolute atomic E-state index is 6.19. The van der Waals surface area contributed by atoms with Gasteiger partial charge in [-0.1, -0.05) is 31.5 Å². The first kappa shape index (κ1) is 16.7. The van der Waals surface area contributed by atoms with Crippen molar-refractivity contribution in [3.63, 3.8) is 0 Å². The molecule has 0 aliphatic carbocycles. The Labute approximate surface area is 143 Å². The Bertz CT molecular complexity index is 599. The van der Waals surface area contributed by atoms with Crippen LogP contribution >= 0.6 is 34.2 Å². The lowest BCUT2D eigenvalue weighted by Gasteiger charge is -2.17. The Morgan fingerprint density at radius 3 is 2.81 bits per heavy atom. The van der Waals surface area contributed by atoms with Crippen molar-refractivity contribution in [2.45, 2.75) is 32.9 Å². The first-order chi connectivity index (χ1) is 10.0. The zero-order valence-corrected chi connectivity index (χ0v) is 15.0. The molecule has 0 aliphatic rings. The van der Waals surface area contributed by atoms with Crippen LogP contribution in [0.5, 0.6) is 0 Å². The fraction of sp³-hybridized carbons (Fsp3) is 0.429. The number of halogens is 2. The summed E-state index contributed by atoms with van der Waals surface area (Å²) in [6, 6.07) is 5.91. The van der Waals surface area contributed by atoms with E-state index in [9.17, 15) is 0 Å². The molecule has 114 valence electrons. The average molecular weight is 420 g/mol. The number of nitrogens with one attached hydrogen (secondary N) is 1. The van der Waals surface area contributed by atoms with Crippen molar-refractivity contribution in [1.82, 2.24) is 20.2 Å². The Balaban J connectivity index is 2.19. The zero-order valence-electron chi connectivity index (χ0n) is 12.1. The van der Waals surface area contributed by atoms with E-state index in [-0.39, 0.29) is 6.04 Å². The topological polar surface area (TPSA) is 68.8 Å². The number of benzene rings is 1. The molecule has 5 nitrogen and oxygen atoms in total. The lowest BCUT2D eigenvalue weighted by atomic mass is 10.0. The molecule has 0 spiro atoms. The molecule has 0 amide bonds. The SMILES string of the molecule is CC(C)Cn1ncnc1CC(NN)c1ccc(I)c(Cl)c1. The zero-order chi connectivity index (χ0) is 15.4. The molecule has 3 N–H and O–H groups in total. The van der Waals surface area contributed by atoms with Crippen molar-refractivity contribution in [3.8, 4) is 0 Å². The van der Waals surface area contributed by atoms with Gasteiger partial charge in [0.25, 0.3) is 0 Å². The van der Waals surface area contributed by atoms with E-state index in [1.165, 1.54) is 0 Å². The Hall–Kier alpha value is -0.700. The first-order valence-electron chi connectivity index (χ1n) is 6.79. The average Bonchev–Trinajstić information content (AvgIpc) is 2.85. The fourth-order valence-corrected chi connectivity index (χ4v) is 2.65. The number of hydrogen-bond acceptors (Lipinski definition) is 4. The first-order valence-corrected chi connectivity index (χ1v) is 8.24. The van der Waals surface area contributed by atoms with Gasteiger partial charge in [-0.3, -0.25) is 11.3 Å². The Morgan fingerprint density at radius 1 is 1.43 bits per heavy atom. The highest BCUT2D eigenvalue weighted by Crippen LogP contribution is 2.24. The number of aromatic nitrogens is 3. The molecule has 0 bridgehead atoms. The highest BCUT2D eigenvalue weighted by Gasteiger charge is 2.16. The highest BCUT2D eigenvalue weighted by atomic mass is 127. The molecule has 1 aromatic heterocycles. The monoisotopic (exact) mass is 419 g/mol. The quantitative estimate of drug-likeness (QED) is 0.429. The van der Waals surface area contributed by atoms with Crippen LogP contribution in [0, 0.1) is 9.49 Å². The minimum Gasteiger partial charge on any atom is -0.271 e. The van der Waals surface area contributed by atoms with Crippen LogP contribution in [-0.2, 0) is 13.0 Å². The van der Waals surface area contributed by atoms with Gasteiger partial charge in [0.05, 0.1) is 11.1 Å². The van der Waals surface area contributed by atoms with E-state index in [2.05, 4.69) is 51.9 Å². The summed E-state index contributed by atoms with van der Waals surface area (Å²) < 4.78 is 2.96. The van der Waals surface area contributed by atoms with E-state index in [1.54, 1.807) is 6.33 Å². The van der Waals surface area contributed by atoms with Crippen molar-refractivity contribution in [2.24, 2.45) is 11.8 Å². The number of rotatable bonds is 6. The summed E-state index contributed by atoms with van der Waals surface area (Å²) in [6.07, 6.45) is 2.26. The third kappa shape index (κ3) is 4.38. The van der Waals surface area contributed by atoms with Crippen LogP contribution in [0.4, 0.5) is 0 Å². The molecule has 1 aromatic carbocycles. The predicted molar refractivity (Wildman–Crippen MR) is 92.8 cm³/mol. The van der Waals surface area contributed by atoms with Crippen molar-refractivity contribution in [1.29, 1.82) is 0 Å². The van der Waals surface area contributed by atoms with Crippen molar-refractivity contribution >= 4 is 34.2 Å². The third-order valence-electron chi connectivity index (χ3n) is 3.17. The van der Waals surface area contributed by atoms with Crippen LogP contribution in [0.15, 0.2) is 24.5 Å². The van der Waals surface area contributed by atoms with Crippen LogP contribution in [0.3, 0.4) is 0 Å². The summed E-state index contributed by atoms with van der Waals surface area (Å²) in [6.45, 7) is 5.16. The van der Waals surface area contributed by atoms with Crippen molar-refractivity contribution in [3.05, 3.63) is 44.5 Å². The maximum atomic E-state index is 6.19. The molecule has 1 heterocycles. The molecular formula is C14H19ClIN5. The minimum atomic E-state index is -0.0467. The number of nitrogens with zero attached hydrogens (tertiary/aromatic N) is 3. The maximum Gasteiger partial charge on any atom is 0.138 e. The highest BCUT2D eigenvalue weighted by molar-refractivity contribution is 14.1. The molecule has 2 aromatic rings. The molecule has 0 radical (unpaired) electrons. The second-order valence-corrected chi connectivity index (χ2v) is 6.92. The van der Waals surface area contributed by atoms with Gasteiger partial charge < -0.3 is 0 Å². The molecule has 1 atom stereocenters. The summed E-state index contributed by atoms with van der Waals surface area (Å²) in [5.74, 6) is 7.14. The van der Waals surface area contributed by atoms with Gasteiger partial charge in [-0.15, -0.1) is 0 Å². The van der Waals surface area contributed by atoms with E-state index >= 15 is 0 Å². The molecule has 0 aliphatic heterocycles. The Morgan fingerprint density at radius 2 is 2.19 bits per heavy atom. The summed E-state index contributed by atoms with van der Waals surface area (Å²) in [5.41, 5.74) is 3.89. The van der Waals surface area contributed by atoms with Crippen molar-refractivity contribution in [2.75, 3.05) is 0 Å². The molecule has 2 rings (SSSR count). The van der Waals surface area contributed by atoms with Crippen molar-refractivity contribution < 1.29 is 0 Å². The largest absolute Gasteiger partial charge is 0.271 e. The molecule has 0 saturated carbocycles. The standard InChI is InChI=1S/C14H19ClIN5/c1-9(2)7-21-14(18-8-19-21)6-13(20-17)10-3-4-12(16)11(15)5-10/h3-5,8-9,13,20H,6-7,17H2,1-2H3. The molecule has 7 heteroatoms. The minimum absolute atomic E-state index is 0.0467. The number of hydrogen-bond donors (Lipinski definition) is 2. The number of hydrazine groups is 1. The third-order valence-corrected chi connectivity index (χ3v) is 4.74. The molecule has 21 heavy (non-hydrogen) atoms. The predicted octanol–water partition coefficient (Wildman–Crippen LogP) is 2.94. The normalized spacial score (nSPS) is 12.9. The van der Waals surface area contributed by atoms with Crippen LogP contribution in [0.2, 0.25) is 5.02 Å². The van der Waals surface area contributed by atoms with Gasteiger partial charge in [0.2, 0.25) is 0 Å². The van der Waals surface area contributed by atoms with Crippen LogP contribution in [-0.4, -0.2) is 14.8 Å². The summed E-state index contributed by atoms with van der Waals surface area (Å²) in [4.78, 5) is 4.34. The second-order valence-electron chi connectivity index (χ2n) is 5.35. The lowest BCUT2D eigenvalue weighted by molar-refractivity contribution is 0.446. The molecule has 0 fully saturated rings. The summed E-state index contributed by atoms with van der Waals surface area (Å²) >= 11 is 8.40. The fourth-order valence-electron chi connectivity index (χ4n) is 2.13. The summed E-state index contributed by atoms with van der Waals surface area (Å²) in [5, 5.41) is 5.01. The van der Waals surface area contributed by atoms with E-state index in [1.807, 2.05) is 22.9 Å². The molecular weight excluding hydrogens is 401 g/mol. The smallest absolute Gasteiger partial charge is 0.138 e. The number of nitrogens with two attached hydrogens (primary N) is 1. The summed E-state index contributed by atoms with van der Waals surface area (Å²) in [7, 11) is 0. The van der Waals surface area contributed by atoms with E-state index in [4.69, 9.17) is 17.4 Å². The van der Waals surface area contributed by atoms with E-state index in [0.29, 0.717) is 12.3 Å².